The van der Waals surface area contributed by atoms with Crippen LogP contribution in [0.2, 0.25) is 0 Å². The molecule has 588 valence electrons. The molecule has 0 aromatic rings. The second-order valence-electron chi connectivity index (χ2n) is 31.0. The number of hydrogen-bond acceptors (Lipinski definition) is 8. The van der Waals surface area contributed by atoms with Gasteiger partial charge in [-0.1, -0.05) is 501 Å². The molecule has 2 atom stereocenters. The average molecular weight is 1460 g/mol. The van der Waals surface area contributed by atoms with Gasteiger partial charge >= 0.3 is 37.7 Å². The molecule has 0 N–H and O–H groups in total. The maximum absolute atomic E-state index is 11.0. The van der Waals surface area contributed by atoms with Gasteiger partial charge in [0.2, 0.25) is 20.8 Å². The zero-order valence-electron chi connectivity index (χ0n) is 67.4. The summed E-state index contributed by atoms with van der Waals surface area (Å²) in [5.74, 6) is 0.0284. The van der Waals surface area contributed by atoms with Crippen LogP contribution in [-0.4, -0.2) is 76.9 Å². The summed E-state index contributed by atoms with van der Waals surface area (Å²) in [6.07, 6.45) is 111. The van der Waals surface area contributed by atoms with Crippen molar-refractivity contribution in [3.63, 3.8) is 0 Å². The van der Waals surface area contributed by atoms with Crippen molar-refractivity contribution < 1.29 is 34.3 Å². The minimum Gasteiger partial charge on any atom is -0.726 e. The minimum atomic E-state index is -4.63. The fraction of sp³-hybridized carbons (Fsp3) is 0.955. The van der Waals surface area contributed by atoms with Crippen molar-refractivity contribution in [3.05, 3.63) is 24.3 Å². The third kappa shape index (κ3) is 98.5. The van der Waals surface area contributed by atoms with Gasteiger partial charge in [0.05, 0.1) is 13.2 Å². The third-order valence-corrected chi connectivity index (χ3v) is 21.8. The topological polar surface area (TPSA) is 133 Å². The van der Waals surface area contributed by atoms with Crippen LogP contribution in [0.4, 0.5) is 0 Å². The van der Waals surface area contributed by atoms with E-state index in [1.54, 1.807) is 0 Å². The van der Waals surface area contributed by atoms with E-state index < -0.39 is 20.8 Å². The van der Waals surface area contributed by atoms with E-state index in [2.05, 4.69) is 60.4 Å². The van der Waals surface area contributed by atoms with Crippen molar-refractivity contribution >= 4 is 58.5 Å². The molecule has 0 rings (SSSR count). The van der Waals surface area contributed by atoms with Crippen molar-refractivity contribution in [1.82, 2.24) is 0 Å². The van der Waals surface area contributed by atoms with Gasteiger partial charge in [0.25, 0.3) is 0 Å². The fourth-order valence-corrected chi connectivity index (χ4v) is 15.0. The summed E-state index contributed by atoms with van der Waals surface area (Å²) in [7, 11) is -9.26. The van der Waals surface area contributed by atoms with Gasteiger partial charge in [-0.2, -0.15) is 0 Å². The molecule has 0 aliphatic carbocycles. The van der Waals surface area contributed by atoms with E-state index in [9.17, 15) is 25.9 Å². The first-order valence-corrected chi connectivity index (χ1v) is 47.2. The Morgan fingerprint density at radius 3 is 0.495 bits per heavy atom. The van der Waals surface area contributed by atoms with Gasteiger partial charge in [0, 0.05) is 11.8 Å². The zero-order chi connectivity index (χ0) is 71.6. The molecule has 0 aliphatic rings. The van der Waals surface area contributed by atoms with E-state index in [0.717, 1.165) is 38.5 Å². The van der Waals surface area contributed by atoms with Crippen LogP contribution in [0.3, 0.4) is 0 Å². The molecule has 2 unspecified atom stereocenters. The second-order valence-corrected chi connectivity index (χ2v) is 33.1. The molecule has 0 bridgehead atoms. The van der Waals surface area contributed by atoms with Crippen molar-refractivity contribution in [2.45, 2.75) is 516 Å². The van der Waals surface area contributed by atoms with Crippen LogP contribution >= 0.6 is 0 Å². The molecule has 8 nitrogen and oxygen atoms in total. The molecule has 0 aliphatic heterocycles. The first-order valence-electron chi connectivity index (χ1n) is 44.5. The summed E-state index contributed by atoms with van der Waals surface area (Å²) in [5.41, 5.74) is 0. The Labute approximate surface area is 652 Å². The maximum atomic E-state index is 11.0. The number of allylic oxidation sites excluding steroid dienone is 2. The molecule has 0 heterocycles. The van der Waals surface area contributed by atoms with Crippen molar-refractivity contribution in [3.8, 4) is 0 Å². The zero-order valence-corrected chi connectivity index (χ0v) is 71.2. The third-order valence-electron chi connectivity index (χ3n) is 21.0. The van der Waals surface area contributed by atoms with Crippen LogP contribution in [0.25, 0.3) is 0 Å². The Bertz CT molecular complexity index is 1630. The molecule has 0 aromatic heterocycles. The van der Waals surface area contributed by atoms with Crippen LogP contribution in [0, 0.1) is 11.8 Å². The Morgan fingerprint density at radius 1 is 0.222 bits per heavy atom. The van der Waals surface area contributed by atoms with Crippen LogP contribution in [0.1, 0.15) is 516 Å². The fourth-order valence-electron chi connectivity index (χ4n) is 14.3. The summed E-state index contributed by atoms with van der Waals surface area (Å²) in [4.78, 5) is 0. The minimum absolute atomic E-state index is 0. The smallest absolute Gasteiger partial charge is 0.726 e. The molecule has 0 saturated carbocycles. The first kappa shape index (κ1) is 104. The summed E-state index contributed by atoms with van der Waals surface area (Å²) >= 11 is 0. The van der Waals surface area contributed by atoms with Crippen molar-refractivity contribution in [2.24, 2.45) is 11.8 Å². The molecule has 0 saturated heterocycles. The number of hydrogen-bond donors (Lipinski definition) is 0. The predicted molar refractivity (Wildman–Crippen MR) is 436 cm³/mol. The van der Waals surface area contributed by atoms with Crippen LogP contribution < -0.4 is 0 Å². The van der Waals surface area contributed by atoms with Gasteiger partial charge in [-0.25, -0.2) is 16.8 Å². The molecule has 0 fully saturated rings. The quantitative estimate of drug-likeness (QED) is 0.0193. The maximum Gasteiger partial charge on any atom is 2.00 e. The predicted octanol–water partition coefficient (Wildman–Crippen LogP) is 30.6. The molecular formula is C88H174CaO8S2. The SMILES string of the molecule is CCCCCCCCCCCCCCCCCCCC/C=C/C(CCCCCCCCCCCCCCCCCCCC)COS(=O)(=O)[O-].CCCCCCCCCCCCCCCCCCCC/C=C/C(CCCCCCCCCCCCCCCCCCCC)COS(=O)(=O)[O-].[Ca+2]. The second kappa shape index (κ2) is 89.1. The molecule has 99 heavy (non-hydrogen) atoms. The molecule has 0 radical (unpaired) electrons. The van der Waals surface area contributed by atoms with Gasteiger partial charge in [0.15, 0.2) is 0 Å². The van der Waals surface area contributed by atoms with Crippen LogP contribution in [0.5, 0.6) is 0 Å². The standard InChI is InChI=1S/2C44H88O4S.Ca/c2*1-3-5-7-9-11-13-15-17-19-21-23-24-26-28-30-32-34-36-38-40-42-44(43-48-49(45,46)47)41-39-37-35-33-31-29-27-25-22-20-18-16-14-12-10-8-6-4-2;/h2*40,42,44H,3-39,41,43H2,1-2H3,(H,45,46,47);/q;;+2/p-2/b2*42-40+;. The van der Waals surface area contributed by atoms with Gasteiger partial charge in [-0.3, -0.25) is 8.37 Å². The molecular weight excluding hydrogens is 1290 g/mol. The Balaban J connectivity index is -0.00000184. The van der Waals surface area contributed by atoms with E-state index in [1.165, 1.54) is 449 Å². The largest absolute Gasteiger partial charge is 2.00 e. The van der Waals surface area contributed by atoms with E-state index in [4.69, 9.17) is 0 Å². The summed E-state index contributed by atoms with van der Waals surface area (Å²) in [5, 5.41) is 0. The summed E-state index contributed by atoms with van der Waals surface area (Å²) < 4.78 is 75.5. The van der Waals surface area contributed by atoms with E-state index in [-0.39, 0.29) is 62.8 Å². The molecule has 0 amide bonds. The van der Waals surface area contributed by atoms with E-state index >= 15 is 0 Å². The van der Waals surface area contributed by atoms with Crippen molar-refractivity contribution in [2.75, 3.05) is 13.2 Å². The molecule has 11 heteroatoms. The molecule has 0 aromatic carbocycles. The summed E-state index contributed by atoms with van der Waals surface area (Å²) in [6, 6.07) is 0. The van der Waals surface area contributed by atoms with Gasteiger partial charge < -0.3 is 9.11 Å². The summed E-state index contributed by atoms with van der Waals surface area (Å²) in [6.45, 7) is 9.12. The number of unbranched alkanes of at least 4 members (excludes halogenated alkanes) is 70. The van der Waals surface area contributed by atoms with Crippen LogP contribution in [-0.2, 0) is 29.2 Å². The number of rotatable bonds is 84. The van der Waals surface area contributed by atoms with Gasteiger partial charge in [-0.15, -0.1) is 0 Å². The Morgan fingerprint density at radius 2 is 0.354 bits per heavy atom. The first-order chi connectivity index (χ1) is 48.0. The Kier molecular flexibility index (Phi) is 93.3. The monoisotopic (exact) mass is 1460 g/mol. The Hall–Kier alpha value is 0.480. The van der Waals surface area contributed by atoms with Crippen LogP contribution in [0.15, 0.2) is 24.3 Å². The normalized spacial score (nSPS) is 12.7. The van der Waals surface area contributed by atoms with Crippen molar-refractivity contribution in [1.29, 1.82) is 0 Å². The molecule has 0 spiro atoms. The van der Waals surface area contributed by atoms with E-state index in [1.807, 2.05) is 0 Å². The van der Waals surface area contributed by atoms with Gasteiger partial charge in [0.1, 0.15) is 0 Å². The average Bonchev–Trinajstić information content (AvgIpc) is 2.87. The van der Waals surface area contributed by atoms with Gasteiger partial charge in [-0.05, 0) is 38.5 Å². The van der Waals surface area contributed by atoms with E-state index in [0.29, 0.717) is 0 Å².